The number of carbonyl (C=O) groups is 1. The van der Waals surface area contributed by atoms with Gasteiger partial charge in [-0.15, -0.1) is 0 Å². The number of rotatable bonds is 3. The topological polar surface area (TPSA) is 71.2 Å². The van der Waals surface area contributed by atoms with E-state index in [1.165, 1.54) is 6.07 Å². The van der Waals surface area contributed by atoms with Crippen LogP contribution >= 0.6 is 0 Å². The van der Waals surface area contributed by atoms with Gasteiger partial charge in [-0.3, -0.25) is 9.59 Å². The molecule has 1 aromatic heterocycles. The molecule has 1 aliphatic rings. The van der Waals surface area contributed by atoms with Crippen LogP contribution in [0.1, 0.15) is 35.3 Å². The maximum absolute atomic E-state index is 11.9. The van der Waals surface area contributed by atoms with E-state index < -0.39 is 0 Å². The molecule has 1 aromatic rings. The lowest BCUT2D eigenvalue weighted by Crippen LogP contribution is -2.35. The Morgan fingerprint density at radius 3 is 3.00 bits per heavy atom. The zero-order chi connectivity index (χ0) is 13.0. The smallest absolute Gasteiger partial charge is 0.251 e. The molecule has 1 atom stereocenters. The van der Waals surface area contributed by atoms with Crippen LogP contribution in [0.3, 0.4) is 0 Å². The highest BCUT2D eigenvalue weighted by molar-refractivity contribution is 5.94. The molecule has 1 saturated heterocycles. The highest BCUT2D eigenvalue weighted by Gasteiger charge is 2.15. The standard InChI is InChI=1S/C13H18N2O3/c1-9-6-10(7-12(16)15-9)13(17)14-8-11-4-2-3-5-18-11/h6-7,11H,2-5,8H2,1H3,(H,14,17)(H,15,16)/t11-/m1/s1. The summed E-state index contributed by atoms with van der Waals surface area (Å²) in [5.41, 5.74) is 0.822. The van der Waals surface area contributed by atoms with E-state index >= 15 is 0 Å². The molecule has 1 aliphatic heterocycles. The zero-order valence-corrected chi connectivity index (χ0v) is 10.5. The summed E-state index contributed by atoms with van der Waals surface area (Å²) >= 11 is 0. The van der Waals surface area contributed by atoms with Crippen LogP contribution in [0.5, 0.6) is 0 Å². The van der Waals surface area contributed by atoms with Gasteiger partial charge in [0.25, 0.3) is 5.91 Å². The Morgan fingerprint density at radius 2 is 2.33 bits per heavy atom. The number of hydrogen-bond donors (Lipinski definition) is 2. The van der Waals surface area contributed by atoms with E-state index in [0.29, 0.717) is 17.8 Å². The predicted octanol–water partition coefficient (Wildman–Crippen LogP) is 0.982. The lowest BCUT2D eigenvalue weighted by atomic mass is 10.1. The SMILES string of the molecule is Cc1cc(C(=O)NC[C@H]2CCCCO2)cc(=O)[nH]1. The molecule has 1 amide bonds. The van der Waals surface area contributed by atoms with Gasteiger partial charge in [0.05, 0.1) is 6.10 Å². The average Bonchev–Trinajstić information content (AvgIpc) is 2.36. The van der Waals surface area contributed by atoms with Crippen LogP contribution in [-0.4, -0.2) is 30.1 Å². The Morgan fingerprint density at radius 1 is 1.50 bits per heavy atom. The Kier molecular flexibility index (Phi) is 4.15. The van der Waals surface area contributed by atoms with Crippen LogP contribution in [0.25, 0.3) is 0 Å². The number of pyridine rings is 1. The fourth-order valence-corrected chi connectivity index (χ4v) is 2.09. The molecule has 2 N–H and O–H groups in total. The molecule has 5 nitrogen and oxygen atoms in total. The van der Waals surface area contributed by atoms with Crippen molar-refractivity contribution in [1.82, 2.24) is 10.3 Å². The van der Waals surface area contributed by atoms with E-state index in [-0.39, 0.29) is 17.6 Å². The summed E-state index contributed by atoms with van der Waals surface area (Å²) in [6.07, 6.45) is 3.32. The van der Waals surface area contributed by atoms with E-state index in [1.54, 1.807) is 13.0 Å². The molecule has 0 aromatic carbocycles. The third-order valence-electron chi connectivity index (χ3n) is 3.01. The number of ether oxygens (including phenoxy) is 1. The van der Waals surface area contributed by atoms with Crippen LogP contribution in [0, 0.1) is 6.92 Å². The van der Waals surface area contributed by atoms with E-state index in [2.05, 4.69) is 10.3 Å². The number of hydrogen-bond acceptors (Lipinski definition) is 3. The molecule has 18 heavy (non-hydrogen) atoms. The molecule has 0 aliphatic carbocycles. The second-order valence-corrected chi connectivity index (χ2v) is 4.61. The molecule has 0 bridgehead atoms. The van der Waals surface area contributed by atoms with Crippen molar-refractivity contribution < 1.29 is 9.53 Å². The van der Waals surface area contributed by atoms with Gasteiger partial charge >= 0.3 is 0 Å². The van der Waals surface area contributed by atoms with Gasteiger partial charge in [0.2, 0.25) is 5.56 Å². The number of H-pyrrole nitrogens is 1. The zero-order valence-electron chi connectivity index (χ0n) is 10.5. The van der Waals surface area contributed by atoms with Crippen LogP contribution in [0.2, 0.25) is 0 Å². The van der Waals surface area contributed by atoms with Gasteiger partial charge in [0.15, 0.2) is 0 Å². The molecule has 1 fully saturated rings. The summed E-state index contributed by atoms with van der Waals surface area (Å²) in [7, 11) is 0. The maximum atomic E-state index is 11.9. The van der Waals surface area contributed by atoms with Crippen molar-refractivity contribution in [1.29, 1.82) is 0 Å². The summed E-state index contributed by atoms with van der Waals surface area (Å²) in [6.45, 7) is 3.03. The first-order valence-electron chi connectivity index (χ1n) is 6.26. The minimum atomic E-state index is -0.255. The molecule has 0 unspecified atom stereocenters. The van der Waals surface area contributed by atoms with Crippen LogP contribution in [0.4, 0.5) is 0 Å². The summed E-state index contributed by atoms with van der Waals surface area (Å²) in [5.74, 6) is -0.224. The number of aromatic amines is 1. The number of aromatic nitrogens is 1. The summed E-state index contributed by atoms with van der Waals surface area (Å²) < 4.78 is 5.53. The van der Waals surface area contributed by atoms with Crippen LogP contribution in [0.15, 0.2) is 16.9 Å². The lowest BCUT2D eigenvalue weighted by molar-refractivity contribution is 0.0169. The molecule has 0 radical (unpaired) electrons. The Balaban J connectivity index is 1.92. The maximum Gasteiger partial charge on any atom is 0.251 e. The van der Waals surface area contributed by atoms with E-state index in [4.69, 9.17) is 4.74 Å². The van der Waals surface area contributed by atoms with Gasteiger partial charge in [-0.05, 0) is 32.3 Å². The first kappa shape index (κ1) is 12.8. The minimum absolute atomic E-state index is 0.103. The number of aryl methyl sites for hydroxylation is 1. The third-order valence-corrected chi connectivity index (χ3v) is 3.01. The van der Waals surface area contributed by atoms with Gasteiger partial charge in [-0.1, -0.05) is 0 Å². The quantitative estimate of drug-likeness (QED) is 0.840. The Labute approximate surface area is 106 Å². The van der Waals surface area contributed by atoms with Gasteiger partial charge < -0.3 is 15.0 Å². The van der Waals surface area contributed by atoms with E-state index in [1.807, 2.05) is 0 Å². The van der Waals surface area contributed by atoms with Gasteiger partial charge in [-0.2, -0.15) is 0 Å². The van der Waals surface area contributed by atoms with Crippen molar-refractivity contribution in [2.75, 3.05) is 13.2 Å². The number of amides is 1. The first-order valence-corrected chi connectivity index (χ1v) is 6.26. The molecule has 2 heterocycles. The summed E-state index contributed by atoms with van der Waals surface area (Å²) in [5, 5.41) is 2.81. The van der Waals surface area contributed by atoms with Crippen LogP contribution < -0.4 is 10.9 Å². The molecule has 0 spiro atoms. The number of nitrogens with one attached hydrogen (secondary N) is 2. The van der Waals surface area contributed by atoms with Crippen molar-refractivity contribution in [3.05, 3.63) is 33.7 Å². The monoisotopic (exact) mass is 250 g/mol. The fraction of sp³-hybridized carbons (Fsp3) is 0.538. The third kappa shape index (κ3) is 3.43. The second kappa shape index (κ2) is 5.82. The molecule has 2 rings (SSSR count). The molecular formula is C13H18N2O3. The Bertz CT molecular complexity index is 475. The first-order chi connectivity index (χ1) is 8.65. The van der Waals surface area contributed by atoms with Crippen molar-refractivity contribution in [3.63, 3.8) is 0 Å². The second-order valence-electron chi connectivity index (χ2n) is 4.61. The Hall–Kier alpha value is -1.62. The van der Waals surface area contributed by atoms with E-state index in [9.17, 15) is 9.59 Å². The van der Waals surface area contributed by atoms with Gasteiger partial charge in [0.1, 0.15) is 0 Å². The van der Waals surface area contributed by atoms with Crippen LogP contribution in [-0.2, 0) is 4.74 Å². The van der Waals surface area contributed by atoms with Gasteiger partial charge in [-0.25, -0.2) is 0 Å². The molecule has 0 saturated carbocycles. The van der Waals surface area contributed by atoms with Crippen molar-refractivity contribution >= 4 is 5.91 Å². The summed E-state index contributed by atoms with van der Waals surface area (Å²) in [4.78, 5) is 25.7. The van der Waals surface area contributed by atoms with Gasteiger partial charge in [0, 0.05) is 30.5 Å². The fourth-order valence-electron chi connectivity index (χ4n) is 2.09. The molecule has 98 valence electrons. The highest BCUT2D eigenvalue weighted by Crippen LogP contribution is 2.11. The van der Waals surface area contributed by atoms with Crippen molar-refractivity contribution in [2.45, 2.75) is 32.3 Å². The lowest BCUT2D eigenvalue weighted by Gasteiger charge is -2.22. The normalized spacial score (nSPS) is 19.5. The minimum Gasteiger partial charge on any atom is -0.376 e. The van der Waals surface area contributed by atoms with Crippen molar-refractivity contribution in [3.8, 4) is 0 Å². The highest BCUT2D eigenvalue weighted by atomic mass is 16.5. The van der Waals surface area contributed by atoms with Crippen molar-refractivity contribution in [2.24, 2.45) is 0 Å². The average molecular weight is 250 g/mol. The predicted molar refractivity (Wildman–Crippen MR) is 67.7 cm³/mol. The summed E-state index contributed by atoms with van der Waals surface area (Å²) in [6, 6.07) is 2.97. The molecule has 5 heteroatoms. The largest absolute Gasteiger partial charge is 0.376 e. The number of carbonyl (C=O) groups excluding carboxylic acids is 1. The van der Waals surface area contributed by atoms with E-state index in [0.717, 1.165) is 25.9 Å². The molecular weight excluding hydrogens is 232 g/mol.